The summed E-state index contributed by atoms with van der Waals surface area (Å²) in [6, 6.07) is 8.44. The van der Waals surface area contributed by atoms with E-state index < -0.39 is 0 Å². The highest BCUT2D eigenvalue weighted by Crippen LogP contribution is 2.47. The first-order valence-corrected chi connectivity index (χ1v) is 7.51. The third-order valence-electron chi connectivity index (χ3n) is 4.66. The first kappa shape index (κ1) is 14.8. The Hall–Kier alpha value is -0.570. The average Bonchev–Trinajstić information content (AvgIpc) is 2.36. The lowest BCUT2D eigenvalue weighted by Crippen LogP contribution is -2.50. The molecule has 19 heavy (non-hydrogen) atoms. The normalized spacial score (nSPS) is 20.6. The summed E-state index contributed by atoms with van der Waals surface area (Å²) in [5.41, 5.74) is 8.01. The number of methoxy groups -OCH3 is 1. The Balaban J connectivity index is 2.07. The smallest absolute Gasteiger partial charge is 0.0543 e. The van der Waals surface area contributed by atoms with E-state index in [4.69, 9.17) is 22.1 Å². The van der Waals surface area contributed by atoms with E-state index in [0.717, 1.165) is 17.9 Å². The summed E-state index contributed by atoms with van der Waals surface area (Å²) in [5, 5.41) is 0.791. The molecule has 0 aromatic heterocycles. The number of rotatable bonds is 6. The van der Waals surface area contributed by atoms with Crippen LogP contribution >= 0.6 is 11.6 Å². The van der Waals surface area contributed by atoms with Crippen LogP contribution in [-0.4, -0.2) is 19.3 Å². The first-order chi connectivity index (χ1) is 9.08. The summed E-state index contributed by atoms with van der Waals surface area (Å²) in [4.78, 5) is 0. The van der Waals surface area contributed by atoms with Crippen LogP contribution in [0.5, 0.6) is 0 Å². The van der Waals surface area contributed by atoms with Crippen molar-refractivity contribution in [3.05, 3.63) is 34.9 Å². The van der Waals surface area contributed by atoms with Crippen molar-refractivity contribution in [1.82, 2.24) is 0 Å². The minimum atomic E-state index is 0.165. The molecular formula is C16H24ClNO. The van der Waals surface area contributed by atoms with Gasteiger partial charge in [0.15, 0.2) is 0 Å². The van der Waals surface area contributed by atoms with E-state index in [1.807, 2.05) is 12.1 Å². The van der Waals surface area contributed by atoms with E-state index in [9.17, 15) is 0 Å². The molecule has 0 amide bonds. The van der Waals surface area contributed by atoms with Crippen LogP contribution in [0.4, 0.5) is 0 Å². The fourth-order valence-electron chi connectivity index (χ4n) is 3.02. The van der Waals surface area contributed by atoms with Gasteiger partial charge in [0.1, 0.15) is 0 Å². The van der Waals surface area contributed by atoms with Crippen molar-refractivity contribution in [2.45, 2.75) is 56.6 Å². The Labute approximate surface area is 121 Å². The van der Waals surface area contributed by atoms with Crippen molar-refractivity contribution in [2.24, 2.45) is 5.73 Å². The number of ether oxygens (including phenoxy) is 1. The van der Waals surface area contributed by atoms with E-state index in [-0.39, 0.29) is 17.6 Å². The predicted octanol–water partition coefficient (Wildman–Crippen LogP) is 3.90. The van der Waals surface area contributed by atoms with Gasteiger partial charge in [0.2, 0.25) is 0 Å². The molecule has 2 N–H and O–H groups in total. The first-order valence-electron chi connectivity index (χ1n) is 7.13. The molecule has 1 aromatic carbocycles. The van der Waals surface area contributed by atoms with Crippen LogP contribution < -0.4 is 5.73 Å². The maximum atomic E-state index is 6.50. The highest BCUT2D eigenvalue weighted by atomic mass is 35.5. The maximum Gasteiger partial charge on any atom is 0.0543 e. The van der Waals surface area contributed by atoms with Crippen LogP contribution in [0.25, 0.3) is 0 Å². The summed E-state index contributed by atoms with van der Waals surface area (Å²) in [6.45, 7) is 2.10. The van der Waals surface area contributed by atoms with E-state index in [2.05, 4.69) is 19.1 Å². The number of halogens is 1. The largest absolute Gasteiger partial charge is 0.382 e. The number of benzene rings is 1. The van der Waals surface area contributed by atoms with Crippen LogP contribution in [0.3, 0.4) is 0 Å². The van der Waals surface area contributed by atoms with Gasteiger partial charge in [-0.1, -0.05) is 30.2 Å². The van der Waals surface area contributed by atoms with Crippen molar-refractivity contribution in [3.63, 3.8) is 0 Å². The van der Waals surface area contributed by atoms with Gasteiger partial charge < -0.3 is 10.5 Å². The molecule has 2 nitrogen and oxygen atoms in total. The quantitative estimate of drug-likeness (QED) is 0.858. The van der Waals surface area contributed by atoms with Crippen molar-refractivity contribution in [3.8, 4) is 0 Å². The second-order valence-electron chi connectivity index (χ2n) is 5.75. The van der Waals surface area contributed by atoms with Gasteiger partial charge in [-0.3, -0.25) is 0 Å². The molecule has 2 unspecified atom stereocenters. The number of hydrogen-bond donors (Lipinski definition) is 1. The maximum absolute atomic E-state index is 6.50. The van der Waals surface area contributed by atoms with Crippen LogP contribution in [0.15, 0.2) is 24.3 Å². The molecule has 0 radical (unpaired) electrons. The van der Waals surface area contributed by atoms with Gasteiger partial charge in [0, 0.05) is 23.6 Å². The molecule has 3 heteroatoms. The van der Waals surface area contributed by atoms with Gasteiger partial charge in [-0.05, 0) is 50.3 Å². The third kappa shape index (κ3) is 3.13. The summed E-state index contributed by atoms with van der Waals surface area (Å²) in [7, 11) is 1.76. The highest BCUT2D eigenvalue weighted by Gasteiger charge is 2.43. The van der Waals surface area contributed by atoms with Crippen LogP contribution in [0, 0.1) is 0 Å². The Bertz CT molecular complexity index is 400. The lowest BCUT2D eigenvalue weighted by atomic mass is 9.59. The fourth-order valence-corrected chi connectivity index (χ4v) is 3.15. The second-order valence-corrected chi connectivity index (χ2v) is 6.18. The van der Waals surface area contributed by atoms with Gasteiger partial charge in [0.25, 0.3) is 0 Å². The van der Waals surface area contributed by atoms with Crippen molar-refractivity contribution >= 4 is 11.6 Å². The Morgan fingerprint density at radius 3 is 2.37 bits per heavy atom. The Morgan fingerprint density at radius 2 is 1.89 bits per heavy atom. The second kappa shape index (κ2) is 6.25. The molecule has 2 atom stereocenters. The summed E-state index contributed by atoms with van der Waals surface area (Å²) < 4.78 is 5.31. The minimum absolute atomic E-state index is 0.165. The monoisotopic (exact) mass is 281 g/mol. The molecule has 1 aliphatic carbocycles. The van der Waals surface area contributed by atoms with E-state index in [1.165, 1.54) is 24.8 Å². The molecule has 0 heterocycles. The average molecular weight is 282 g/mol. The lowest BCUT2D eigenvalue weighted by molar-refractivity contribution is 0.0974. The zero-order chi connectivity index (χ0) is 13.9. The highest BCUT2D eigenvalue weighted by molar-refractivity contribution is 6.30. The molecule has 2 rings (SSSR count). The molecule has 1 aliphatic rings. The van der Waals surface area contributed by atoms with Crippen molar-refractivity contribution in [1.29, 1.82) is 0 Å². The van der Waals surface area contributed by atoms with Crippen LogP contribution in [-0.2, 0) is 10.2 Å². The van der Waals surface area contributed by atoms with E-state index >= 15 is 0 Å². The Morgan fingerprint density at radius 1 is 1.26 bits per heavy atom. The van der Waals surface area contributed by atoms with Gasteiger partial charge >= 0.3 is 0 Å². The number of hydrogen-bond acceptors (Lipinski definition) is 2. The predicted molar refractivity (Wildman–Crippen MR) is 80.7 cm³/mol. The molecule has 0 saturated heterocycles. The Kier molecular flexibility index (Phi) is 4.88. The standard InChI is InChI=1S/C16H24ClNO/c1-12(19-2)4-9-15(18)16(10-3-11-16)13-5-7-14(17)8-6-13/h5-8,12,15H,3-4,9-11,18H2,1-2H3. The molecule has 0 bridgehead atoms. The van der Waals surface area contributed by atoms with Crippen LogP contribution in [0.1, 0.15) is 44.6 Å². The fraction of sp³-hybridized carbons (Fsp3) is 0.625. The molecule has 1 fully saturated rings. The molecule has 1 aromatic rings. The summed E-state index contributed by atoms with van der Waals surface area (Å²) in [5.74, 6) is 0. The van der Waals surface area contributed by atoms with Crippen LogP contribution in [0.2, 0.25) is 5.02 Å². The third-order valence-corrected chi connectivity index (χ3v) is 4.91. The molecule has 106 valence electrons. The molecule has 1 saturated carbocycles. The van der Waals surface area contributed by atoms with E-state index in [0.29, 0.717) is 0 Å². The lowest BCUT2D eigenvalue weighted by Gasteiger charge is -2.47. The minimum Gasteiger partial charge on any atom is -0.382 e. The van der Waals surface area contributed by atoms with Crippen molar-refractivity contribution in [2.75, 3.05) is 7.11 Å². The number of nitrogens with two attached hydrogens (primary N) is 1. The zero-order valence-electron chi connectivity index (χ0n) is 11.9. The van der Waals surface area contributed by atoms with Gasteiger partial charge in [-0.15, -0.1) is 0 Å². The summed E-state index contributed by atoms with van der Waals surface area (Å²) >= 11 is 5.98. The molecule has 0 spiro atoms. The van der Waals surface area contributed by atoms with Gasteiger partial charge in [-0.2, -0.15) is 0 Å². The molecular weight excluding hydrogens is 258 g/mol. The summed E-state index contributed by atoms with van der Waals surface area (Å²) in [6.07, 6.45) is 5.98. The topological polar surface area (TPSA) is 35.2 Å². The SMILES string of the molecule is COC(C)CCC(N)C1(c2ccc(Cl)cc2)CCC1. The zero-order valence-corrected chi connectivity index (χ0v) is 12.6. The van der Waals surface area contributed by atoms with Gasteiger partial charge in [0.05, 0.1) is 6.10 Å². The van der Waals surface area contributed by atoms with Crippen molar-refractivity contribution < 1.29 is 4.74 Å². The molecule has 0 aliphatic heterocycles. The van der Waals surface area contributed by atoms with E-state index in [1.54, 1.807) is 7.11 Å². The van der Waals surface area contributed by atoms with Gasteiger partial charge in [-0.25, -0.2) is 0 Å².